The number of halogens is 1. The topological polar surface area (TPSA) is 37.4 Å². The van der Waals surface area contributed by atoms with Crippen molar-refractivity contribution in [2.45, 2.75) is 19.3 Å². The Morgan fingerprint density at radius 2 is 1.95 bits per heavy atom. The third-order valence-corrected chi connectivity index (χ3v) is 5.20. The van der Waals surface area contributed by atoms with Crippen LogP contribution in [0.2, 0.25) is 0 Å². The lowest BCUT2D eigenvalue weighted by Gasteiger charge is -2.28. The molecule has 1 aromatic carbocycles. The SMILES string of the molecule is O=C1C(=O)N2CCc3ccccc3C2=C1C1(CCl)CC1. The fourth-order valence-electron chi connectivity index (χ4n) is 3.36. The highest BCUT2D eigenvalue weighted by Gasteiger charge is 2.55. The van der Waals surface area contributed by atoms with Crippen molar-refractivity contribution in [1.82, 2.24) is 4.90 Å². The summed E-state index contributed by atoms with van der Waals surface area (Å²) in [5.74, 6) is -0.295. The molecular weight excluding hydrogens is 274 g/mol. The summed E-state index contributed by atoms with van der Waals surface area (Å²) in [4.78, 5) is 26.3. The van der Waals surface area contributed by atoms with E-state index in [9.17, 15) is 9.59 Å². The molecule has 2 heterocycles. The number of carbonyl (C=O) groups is 2. The number of rotatable bonds is 2. The van der Waals surface area contributed by atoms with Crippen molar-refractivity contribution in [3.63, 3.8) is 0 Å². The average molecular weight is 288 g/mol. The number of fused-ring (bicyclic) bond motifs is 3. The van der Waals surface area contributed by atoms with Crippen LogP contribution in [0.5, 0.6) is 0 Å². The van der Waals surface area contributed by atoms with Gasteiger partial charge < -0.3 is 4.90 Å². The largest absolute Gasteiger partial charge is 0.304 e. The van der Waals surface area contributed by atoms with Crippen molar-refractivity contribution in [3.8, 4) is 0 Å². The first-order chi connectivity index (χ1) is 9.68. The normalized spacial score (nSPS) is 22.9. The van der Waals surface area contributed by atoms with E-state index < -0.39 is 0 Å². The molecule has 0 atom stereocenters. The first-order valence-corrected chi connectivity index (χ1v) is 7.47. The first kappa shape index (κ1) is 12.2. The molecule has 0 saturated heterocycles. The van der Waals surface area contributed by atoms with Crippen LogP contribution >= 0.6 is 11.6 Å². The Morgan fingerprint density at radius 3 is 2.65 bits per heavy atom. The highest BCUT2D eigenvalue weighted by atomic mass is 35.5. The predicted octanol–water partition coefficient (Wildman–Crippen LogP) is 2.38. The zero-order valence-corrected chi connectivity index (χ0v) is 11.7. The molecule has 0 radical (unpaired) electrons. The van der Waals surface area contributed by atoms with Gasteiger partial charge in [0.15, 0.2) is 0 Å². The molecule has 102 valence electrons. The van der Waals surface area contributed by atoms with Crippen molar-refractivity contribution in [1.29, 1.82) is 0 Å². The minimum absolute atomic E-state index is 0.261. The van der Waals surface area contributed by atoms with Gasteiger partial charge in [0.2, 0.25) is 5.78 Å². The maximum Gasteiger partial charge on any atom is 0.299 e. The molecule has 1 aromatic rings. The van der Waals surface area contributed by atoms with Crippen LogP contribution in [0.15, 0.2) is 29.8 Å². The zero-order valence-electron chi connectivity index (χ0n) is 11.0. The van der Waals surface area contributed by atoms with E-state index in [1.165, 1.54) is 5.56 Å². The van der Waals surface area contributed by atoms with E-state index in [2.05, 4.69) is 6.07 Å². The smallest absolute Gasteiger partial charge is 0.299 e. The summed E-state index contributed by atoms with van der Waals surface area (Å²) in [6.45, 7) is 0.596. The fourth-order valence-corrected chi connectivity index (χ4v) is 3.76. The minimum Gasteiger partial charge on any atom is -0.304 e. The number of nitrogens with zero attached hydrogens (tertiary/aromatic N) is 1. The number of ketones is 1. The molecule has 0 bridgehead atoms. The molecule has 4 rings (SSSR count). The number of Topliss-reactive ketones (excluding diaryl/α,β-unsaturated/α-hetero) is 1. The van der Waals surface area contributed by atoms with Crippen LogP contribution in [0.4, 0.5) is 0 Å². The number of hydrogen-bond donors (Lipinski definition) is 0. The van der Waals surface area contributed by atoms with Crippen molar-refractivity contribution < 1.29 is 9.59 Å². The Kier molecular flexibility index (Phi) is 2.40. The third kappa shape index (κ3) is 1.41. The Balaban J connectivity index is 1.99. The highest BCUT2D eigenvalue weighted by Crippen LogP contribution is 2.57. The maximum atomic E-state index is 12.4. The summed E-state index contributed by atoms with van der Waals surface area (Å²) in [6, 6.07) is 8.04. The zero-order chi connectivity index (χ0) is 13.9. The number of carbonyl (C=O) groups excluding carboxylic acids is 2. The molecule has 0 spiro atoms. The fraction of sp³-hybridized carbons (Fsp3) is 0.375. The van der Waals surface area contributed by atoms with Crippen LogP contribution in [0.1, 0.15) is 24.0 Å². The number of alkyl halides is 1. The second-order valence-corrected chi connectivity index (χ2v) is 6.10. The molecule has 0 N–H and O–H groups in total. The van der Waals surface area contributed by atoms with E-state index in [1.807, 2.05) is 18.2 Å². The lowest BCUT2D eigenvalue weighted by Crippen LogP contribution is -2.33. The quantitative estimate of drug-likeness (QED) is 0.619. The van der Waals surface area contributed by atoms with Crippen LogP contribution in [0.3, 0.4) is 0 Å². The van der Waals surface area contributed by atoms with Crippen molar-refractivity contribution >= 4 is 29.0 Å². The van der Waals surface area contributed by atoms with Crippen molar-refractivity contribution in [2.24, 2.45) is 5.41 Å². The van der Waals surface area contributed by atoms with E-state index in [4.69, 9.17) is 11.6 Å². The molecule has 20 heavy (non-hydrogen) atoms. The van der Waals surface area contributed by atoms with Gasteiger partial charge in [0.05, 0.1) is 5.70 Å². The Bertz CT molecular complexity index is 673. The Morgan fingerprint density at radius 1 is 1.20 bits per heavy atom. The van der Waals surface area contributed by atoms with Gasteiger partial charge in [-0.1, -0.05) is 24.3 Å². The molecular formula is C16H14ClNO2. The average Bonchev–Trinajstić information content (AvgIpc) is 3.23. The lowest BCUT2D eigenvalue weighted by molar-refractivity contribution is -0.139. The van der Waals surface area contributed by atoms with Crippen molar-refractivity contribution in [3.05, 3.63) is 41.0 Å². The van der Waals surface area contributed by atoms with Crippen LogP contribution < -0.4 is 0 Å². The van der Waals surface area contributed by atoms with Gasteiger partial charge in [-0.05, 0) is 24.8 Å². The van der Waals surface area contributed by atoms with E-state index in [0.717, 1.165) is 30.5 Å². The highest BCUT2D eigenvalue weighted by molar-refractivity contribution is 6.49. The van der Waals surface area contributed by atoms with E-state index >= 15 is 0 Å². The molecule has 1 amide bonds. The Labute approximate surface area is 122 Å². The van der Waals surface area contributed by atoms with Crippen LogP contribution in [-0.2, 0) is 16.0 Å². The number of amides is 1. The molecule has 1 fully saturated rings. The molecule has 4 heteroatoms. The molecule has 1 saturated carbocycles. The predicted molar refractivity (Wildman–Crippen MR) is 76.2 cm³/mol. The summed E-state index contributed by atoms with van der Waals surface area (Å²) in [7, 11) is 0. The summed E-state index contributed by atoms with van der Waals surface area (Å²) >= 11 is 6.09. The summed E-state index contributed by atoms with van der Waals surface area (Å²) in [5, 5.41) is 0. The van der Waals surface area contributed by atoms with Gasteiger partial charge in [0.25, 0.3) is 5.91 Å². The monoisotopic (exact) mass is 287 g/mol. The van der Waals surface area contributed by atoms with Crippen LogP contribution in [-0.4, -0.2) is 29.0 Å². The maximum absolute atomic E-state index is 12.4. The molecule has 2 aliphatic heterocycles. The van der Waals surface area contributed by atoms with Gasteiger partial charge in [-0.25, -0.2) is 0 Å². The van der Waals surface area contributed by atoms with E-state index in [-0.39, 0.29) is 17.1 Å². The van der Waals surface area contributed by atoms with E-state index in [1.54, 1.807) is 4.90 Å². The second kappa shape index (κ2) is 3.95. The van der Waals surface area contributed by atoms with Gasteiger partial charge in [0.1, 0.15) is 0 Å². The summed E-state index contributed by atoms with van der Waals surface area (Å²) in [5.41, 5.74) is 3.49. The number of benzene rings is 1. The van der Waals surface area contributed by atoms with Crippen LogP contribution in [0.25, 0.3) is 5.70 Å². The van der Waals surface area contributed by atoms with E-state index in [0.29, 0.717) is 18.0 Å². The van der Waals surface area contributed by atoms with Crippen molar-refractivity contribution in [2.75, 3.05) is 12.4 Å². The Hall–Kier alpha value is -1.61. The van der Waals surface area contributed by atoms with Gasteiger partial charge in [-0.3, -0.25) is 9.59 Å². The van der Waals surface area contributed by atoms with Gasteiger partial charge in [-0.2, -0.15) is 0 Å². The molecule has 1 aliphatic carbocycles. The molecule has 0 aromatic heterocycles. The van der Waals surface area contributed by atoms with Crippen LogP contribution in [0, 0.1) is 5.41 Å². The second-order valence-electron chi connectivity index (χ2n) is 5.83. The first-order valence-electron chi connectivity index (χ1n) is 6.93. The molecule has 3 aliphatic rings. The van der Waals surface area contributed by atoms with Gasteiger partial charge in [-0.15, -0.1) is 11.6 Å². The lowest BCUT2D eigenvalue weighted by atomic mass is 9.89. The number of hydrogen-bond acceptors (Lipinski definition) is 2. The van der Waals surface area contributed by atoms with Gasteiger partial charge >= 0.3 is 0 Å². The minimum atomic E-state index is -0.374. The molecule has 3 nitrogen and oxygen atoms in total. The summed E-state index contributed by atoms with van der Waals surface area (Å²) < 4.78 is 0. The third-order valence-electron chi connectivity index (χ3n) is 4.69. The standard InChI is InChI=1S/C16H14ClNO2/c17-9-16(6-7-16)12-13-11-4-2-1-3-10(11)5-8-18(13)15(20)14(12)19/h1-4H,5-9H2. The molecule has 0 unspecified atom stereocenters. The van der Waals surface area contributed by atoms with Gasteiger partial charge in [0, 0.05) is 29.0 Å². The summed E-state index contributed by atoms with van der Waals surface area (Å²) in [6.07, 6.45) is 2.62.